The largest absolute Gasteiger partial charge is 0.396 e. The molecule has 0 saturated heterocycles. The highest BCUT2D eigenvalue weighted by atomic mass is 32.1. The molecule has 0 radical (unpaired) electrons. The van der Waals surface area contributed by atoms with Gasteiger partial charge in [0.05, 0.1) is 15.2 Å². The van der Waals surface area contributed by atoms with Gasteiger partial charge in [0.1, 0.15) is 0 Å². The summed E-state index contributed by atoms with van der Waals surface area (Å²) in [4.78, 5) is 4.76. The molecule has 1 aromatic carbocycles. The number of para-hydroxylation sites is 1. The first-order valence-corrected chi connectivity index (χ1v) is 8.94. The minimum atomic E-state index is 0.0313. The highest BCUT2D eigenvalue weighted by Crippen LogP contribution is 2.29. The van der Waals surface area contributed by atoms with E-state index in [-0.39, 0.29) is 12.0 Å². The summed E-state index contributed by atoms with van der Waals surface area (Å²) in [5.41, 5.74) is 1.13. The molecule has 1 heterocycles. The number of hydrogen-bond donors (Lipinski definition) is 2. The van der Waals surface area contributed by atoms with Gasteiger partial charge in [0.2, 0.25) is 0 Å². The third kappa shape index (κ3) is 4.51. The number of hydrogen-bond acceptors (Lipinski definition) is 4. The molecule has 0 bridgehead atoms. The average Bonchev–Trinajstić information content (AvgIpc) is 2.94. The number of aliphatic hydroxyl groups is 1. The third-order valence-electron chi connectivity index (χ3n) is 4.37. The van der Waals surface area contributed by atoms with Crippen LogP contribution >= 0.6 is 11.3 Å². The molecule has 2 rings (SSSR count). The predicted molar refractivity (Wildman–Crippen MR) is 95.6 cm³/mol. The first-order chi connectivity index (χ1) is 10.4. The van der Waals surface area contributed by atoms with E-state index in [1.54, 1.807) is 11.3 Å². The fourth-order valence-electron chi connectivity index (χ4n) is 2.45. The number of rotatable bonds is 8. The molecule has 4 heteroatoms. The average molecular weight is 321 g/mol. The summed E-state index contributed by atoms with van der Waals surface area (Å²) < 4.78 is 1.27. The topological polar surface area (TPSA) is 45.1 Å². The molecule has 0 saturated carbocycles. The van der Waals surface area contributed by atoms with Crippen molar-refractivity contribution in [3.63, 3.8) is 0 Å². The summed E-state index contributed by atoms with van der Waals surface area (Å²) in [6, 6.07) is 8.73. The van der Waals surface area contributed by atoms with Gasteiger partial charge in [0, 0.05) is 18.6 Å². The smallest absolute Gasteiger partial charge is 0.0982 e. The van der Waals surface area contributed by atoms with Gasteiger partial charge < -0.3 is 10.4 Å². The van der Waals surface area contributed by atoms with Crippen molar-refractivity contribution in [2.75, 3.05) is 13.2 Å². The van der Waals surface area contributed by atoms with Crippen molar-refractivity contribution < 1.29 is 5.11 Å². The molecule has 0 aliphatic carbocycles. The number of nitrogens with one attached hydrogen (secondary N) is 1. The van der Waals surface area contributed by atoms with Crippen molar-refractivity contribution in [2.45, 2.75) is 52.5 Å². The standard InChI is InChI=1S/C18H28N2OS/c1-13(14(2)19-11-7-10-18(3,4)12-21)17-20-15-8-5-6-9-16(15)22-17/h5-6,8-9,13-14,19,21H,7,10-12H2,1-4H3. The molecule has 0 amide bonds. The Labute approximate surface area is 137 Å². The van der Waals surface area contributed by atoms with Crippen LogP contribution < -0.4 is 5.32 Å². The maximum Gasteiger partial charge on any atom is 0.0982 e. The van der Waals surface area contributed by atoms with Gasteiger partial charge in [0.15, 0.2) is 0 Å². The van der Waals surface area contributed by atoms with Gasteiger partial charge in [-0.25, -0.2) is 4.98 Å². The van der Waals surface area contributed by atoms with E-state index in [1.165, 1.54) is 9.71 Å². The molecule has 0 aliphatic heterocycles. The Kier molecular flexibility index (Phi) is 5.95. The van der Waals surface area contributed by atoms with Crippen molar-refractivity contribution in [2.24, 2.45) is 5.41 Å². The van der Waals surface area contributed by atoms with E-state index in [1.807, 2.05) is 6.07 Å². The van der Waals surface area contributed by atoms with Crippen molar-refractivity contribution in [1.29, 1.82) is 0 Å². The van der Waals surface area contributed by atoms with Crippen LogP contribution in [0.5, 0.6) is 0 Å². The lowest BCUT2D eigenvalue weighted by atomic mass is 9.89. The highest BCUT2D eigenvalue weighted by Gasteiger charge is 2.19. The number of benzene rings is 1. The van der Waals surface area contributed by atoms with Crippen LogP contribution in [0, 0.1) is 5.41 Å². The second-order valence-electron chi connectivity index (χ2n) is 6.98. The quantitative estimate of drug-likeness (QED) is 0.717. The second-order valence-corrected chi connectivity index (χ2v) is 8.04. The minimum Gasteiger partial charge on any atom is -0.396 e. The third-order valence-corrected chi connectivity index (χ3v) is 5.61. The van der Waals surface area contributed by atoms with E-state index in [0.717, 1.165) is 24.9 Å². The molecular weight excluding hydrogens is 292 g/mol. The summed E-state index contributed by atoms with van der Waals surface area (Å²) in [5, 5.41) is 14.1. The monoisotopic (exact) mass is 320 g/mol. The lowest BCUT2D eigenvalue weighted by Crippen LogP contribution is -2.32. The predicted octanol–water partition coefficient (Wildman–Crippen LogP) is 4.18. The molecule has 2 aromatic rings. The Hall–Kier alpha value is -0.970. The first-order valence-electron chi connectivity index (χ1n) is 8.13. The molecule has 3 nitrogen and oxygen atoms in total. The van der Waals surface area contributed by atoms with E-state index in [4.69, 9.17) is 4.98 Å². The zero-order valence-electron chi connectivity index (χ0n) is 14.1. The van der Waals surface area contributed by atoms with Crippen LogP contribution in [0.2, 0.25) is 0 Å². The molecule has 2 N–H and O–H groups in total. The number of aromatic nitrogens is 1. The van der Waals surface area contributed by atoms with Crippen LogP contribution in [0.15, 0.2) is 24.3 Å². The van der Waals surface area contributed by atoms with Gasteiger partial charge in [0.25, 0.3) is 0 Å². The number of fused-ring (bicyclic) bond motifs is 1. The molecule has 22 heavy (non-hydrogen) atoms. The Morgan fingerprint density at radius 2 is 2.00 bits per heavy atom. The molecule has 0 spiro atoms. The Morgan fingerprint density at radius 3 is 2.68 bits per heavy atom. The first kappa shape index (κ1) is 17.4. The van der Waals surface area contributed by atoms with E-state index < -0.39 is 0 Å². The van der Waals surface area contributed by atoms with Gasteiger partial charge in [-0.1, -0.05) is 32.9 Å². The van der Waals surface area contributed by atoms with Crippen LogP contribution in [0.3, 0.4) is 0 Å². The van der Waals surface area contributed by atoms with Gasteiger partial charge in [-0.05, 0) is 43.9 Å². The summed E-state index contributed by atoms with van der Waals surface area (Å²) in [7, 11) is 0. The fraction of sp³-hybridized carbons (Fsp3) is 0.611. The van der Waals surface area contributed by atoms with Crippen LogP contribution in [-0.2, 0) is 0 Å². The summed E-state index contributed by atoms with van der Waals surface area (Å²) in [5.74, 6) is 0.406. The number of thiazole rings is 1. The highest BCUT2D eigenvalue weighted by molar-refractivity contribution is 7.18. The van der Waals surface area contributed by atoms with Gasteiger partial charge in [-0.3, -0.25) is 0 Å². The minimum absolute atomic E-state index is 0.0313. The number of nitrogens with zero attached hydrogens (tertiary/aromatic N) is 1. The Balaban J connectivity index is 1.85. The van der Waals surface area contributed by atoms with Crippen molar-refractivity contribution in [1.82, 2.24) is 10.3 Å². The Morgan fingerprint density at radius 1 is 1.27 bits per heavy atom. The van der Waals surface area contributed by atoms with Gasteiger partial charge in [-0.2, -0.15) is 0 Å². The SMILES string of the molecule is CC(NCCCC(C)(C)CO)C(C)c1nc2ccccc2s1. The van der Waals surface area contributed by atoms with Crippen molar-refractivity contribution >= 4 is 21.6 Å². The van der Waals surface area contributed by atoms with Crippen molar-refractivity contribution in [3.05, 3.63) is 29.3 Å². The lowest BCUT2D eigenvalue weighted by Gasteiger charge is -2.23. The molecule has 2 atom stereocenters. The zero-order chi connectivity index (χ0) is 16.2. The van der Waals surface area contributed by atoms with Crippen LogP contribution in [0.25, 0.3) is 10.2 Å². The fourth-order valence-corrected chi connectivity index (χ4v) is 3.58. The van der Waals surface area contributed by atoms with Crippen LogP contribution in [0.1, 0.15) is 51.5 Å². The van der Waals surface area contributed by atoms with E-state index >= 15 is 0 Å². The number of aliphatic hydroxyl groups excluding tert-OH is 1. The molecule has 1 aromatic heterocycles. The van der Waals surface area contributed by atoms with Gasteiger partial charge in [-0.15, -0.1) is 11.3 Å². The Bertz CT molecular complexity index is 561. The maximum absolute atomic E-state index is 9.28. The van der Waals surface area contributed by atoms with E-state index in [9.17, 15) is 5.11 Å². The van der Waals surface area contributed by atoms with E-state index in [0.29, 0.717) is 12.0 Å². The molecule has 0 aliphatic rings. The second kappa shape index (κ2) is 7.53. The molecular formula is C18H28N2OS. The zero-order valence-corrected chi connectivity index (χ0v) is 14.9. The molecule has 122 valence electrons. The van der Waals surface area contributed by atoms with Crippen LogP contribution in [0.4, 0.5) is 0 Å². The molecule has 2 unspecified atom stereocenters. The summed E-state index contributed by atoms with van der Waals surface area (Å²) in [6.45, 7) is 9.94. The normalized spacial score (nSPS) is 15.1. The maximum atomic E-state index is 9.28. The van der Waals surface area contributed by atoms with Crippen LogP contribution in [-0.4, -0.2) is 29.3 Å². The van der Waals surface area contributed by atoms with Gasteiger partial charge >= 0.3 is 0 Å². The summed E-state index contributed by atoms with van der Waals surface area (Å²) >= 11 is 1.80. The van der Waals surface area contributed by atoms with E-state index in [2.05, 4.69) is 51.2 Å². The lowest BCUT2D eigenvalue weighted by molar-refractivity contribution is 0.147. The van der Waals surface area contributed by atoms with Crippen molar-refractivity contribution in [3.8, 4) is 0 Å². The molecule has 0 fully saturated rings. The summed E-state index contributed by atoms with van der Waals surface area (Å²) in [6.07, 6.45) is 2.13.